The van der Waals surface area contributed by atoms with E-state index in [0.717, 1.165) is 22.2 Å². The van der Waals surface area contributed by atoms with Crippen LogP contribution in [0.4, 0.5) is 0 Å². The molecular weight excluding hydrogens is 292 g/mol. The minimum absolute atomic E-state index is 1.06. The molecule has 0 atom stereocenters. The third kappa shape index (κ3) is 2.10. The van der Waals surface area contributed by atoms with Crippen LogP contribution in [0.25, 0.3) is 32.9 Å². The van der Waals surface area contributed by atoms with Gasteiger partial charge in [-0.3, -0.25) is 9.97 Å². The second-order valence-corrected chi connectivity index (χ2v) is 6.56. The fourth-order valence-corrected chi connectivity index (χ4v) is 3.70. The van der Waals surface area contributed by atoms with Crippen molar-refractivity contribution in [3.8, 4) is 11.1 Å². The molecule has 24 heavy (non-hydrogen) atoms. The van der Waals surface area contributed by atoms with Crippen LogP contribution in [-0.2, 0) is 0 Å². The fourth-order valence-electron chi connectivity index (χ4n) is 3.70. The first-order chi connectivity index (χ1) is 11.6. The summed E-state index contributed by atoms with van der Waals surface area (Å²) in [4.78, 5) is 9.41. The van der Waals surface area contributed by atoms with Gasteiger partial charge in [-0.2, -0.15) is 0 Å². The Kier molecular flexibility index (Phi) is 3.34. The predicted molar refractivity (Wildman–Crippen MR) is 101 cm³/mol. The van der Waals surface area contributed by atoms with Gasteiger partial charge in [-0.1, -0.05) is 24.3 Å². The Balaban J connectivity index is 2.16. The second kappa shape index (κ2) is 5.41. The first-order valence-electron chi connectivity index (χ1n) is 8.28. The number of rotatable bonds is 1. The van der Waals surface area contributed by atoms with Crippen LogP contribution in [0.15, 0.2) is 48.8 Å². The first-order valence-corrected chi connectivity index (χ1v) is 8.28. The molecule has 2 heteroatoms. The van der Waals surface area contributed by atoms with Crippen LogP contribution in [0.5, 0.6) is 0 Å². The van der Waals surface area contributed by atoms with Gasteiger partial charge in [0, 0.05) is 34.3 Å². The second-order valence-electron chi connectivity index (χ2n) is 6.56. The maximum atomic E-state index is 4.70. The Hall–Kier alpha value is -2.74. The summed E-state index contributed by atoms with van der Waals surface area (Å²) < 4.78 is 0. The smallest absolute Gasteiger partial charge is 0.0786 e. The van der Waals surface area contributed by atoms with Gasteiger partial charge in [0.2, 0.25) is 0 Å². The van der Waals surface area contributed by atoms with Gasteiger partial charge in [0.05, 0.1) is 11.0 Å². The molecule has 0 aliphatic carbocycles. The molecule has 0 unspecified atom stereocenters. The van der Waals surface area contributed by atoms with Gasteiger partial charge in [0.1, 0.15) is 0 Å². The van der Waals surface area contributed by atoms with Crippen LogP contribution in [0.1, 0.15) is 22.3 Å². The van der Waals surface area contributed by atoms with Crippen molar-refractivity contribution in [2.45, 2.75) is 27.7 Å². The Morgan fingerprint density at radius 3 is 1.29 bits per heavy atom. The number of benzene rings is 2. The van der Waals surface area contributed by atoms with Gasteiger partial charge in [-0.15, -0.1) is 0 Å². The number of pyridine rings is 2. The van der Waals surface area contributed by atoms with E-state index in [9.17, 15) is 0 Å². The summed E-state index contributed by atoms with van der Waals surface area (Å²) >= 11 is 0. The average Bonchev–Trinajstić information content (AvgIpc) is 2.56. The van der Waals surface area contributed by atoms with Crippen molar-refractivity contribution in [2.75, 3.05) is 0 Å². The van der Waals surface area contributed by atoms with E-state index in [2.05, 4.69) is 64.1 Å². The van der Waals surface area contributed by atoms with Crippen molar-refractivity contribution in [1.82, 2.24) is 9.97 Å². The standard InChI is InChI=1S/C22H20N2/c1-13-5-7-17(21-19(13)15(3)9-11-23-21)18-8-6-14(2)20-16(4)10-12-24-22(18)20/h5-12H,1-4H3. The van der Waals surface area contributed by atoms with Crippen molar-refractivity contribution in [3.63, 3.8) is 0 Å². The zero-order valence-electron chi connectivity index (χ0n) is 14.5. The van der Waals surface area contributed by atoms with Gasteiger partial charge >= 0.3 is 0 Å². The molecule has 0 bridgehead atoms. The number of aromatic nitrogens is 2. The summed E-state index contributed by atoms with van der Waals surface area (Å²) in [6.07, 6.45) is 3.80. The first kappa shape index (κ1) is 14.8. The van der Waals surface area contributed by atoms with E-state index in [-0.39, 0.29) is 0 Å². The molecule has 2 nitrogen and oxygen atoms in total. The highest BCUT2D eigenvalue weighted by atomic mass is 14.7. The van der Waals surface area contributed by atoms with Crippen molar-refractivity contribution >= 4 is 21.8 Å². The van der Waals surface area contributed by atoms with E-state index < -0.39 is 0 Å². The summed E-state index contributed by atoms with van der Waals surface area (Å²) in [7, 11) is 0. The lowest BCUT2D eigenvalue weighted by atomic mass is 9.93. The quantitative estimate of drug-likeness (QED) is 0.451. The van der Waals surface area contributed by atoms with Gasteiger partial charge in [0.25, 0.3) is 0 Å². The summed E-state index contributed by atoms with van der Waals surface area (Å²) in [5, 5.41) is 2.49. The van der Waals surface area contributed by atoms with Crippen molar-refractivity contribution in [1.29, 1.82) is 0 Å². The topological polar surface area (TPSA) is 25.8 Å². The molecule has 0 radical (unpaired) electrons. The van der Waals surface area contributed by atoms with Crippen molar-refractivity contribution in [3.05, 3.63) is 71.0 Å². The number of hydrogen-bond acceptors (Lipinski definition) is 2. The molecule has 4 rings (SSSR count). The Morgan fingerprint density at radius 2 is 0.875 bits per heavy atom. The minimum atomic E-state index is 1.06. The monoisotopic (exact) mass is 312 g/mol. The highest BCUT2D eigenvalue weighted by molar-refractivity contribution is 6.05. The number of nitrogens with zero attached hydrogens (tertiary/aromatic N) is 2. The van der Waals surface area contributed by atoms with Crippen LogP contribution in [0, 0.1) is 27.7 Å². The zero-order valence-corrected chi connectivity index (χ0v) is 14.5. The summed E-state index contributed by atoms with van der Waals surface area (Å²) in [6.45, 7) is 8.60. The highest BCUT2D eigenvalue weighted by Gasteiger charge is 2.14. The van der Waals surface area contributed by atoms with E-state index in [1.807, 2.05) is 12.4 Å². The summed E-state index contributed by atoms with van der Waals surface area (Å²) in [5.41, 5.74) is 9.48. The largest absolute Gasteiger partial charge is 0.256 e. The maximum Gasteiger partial charge on any atom is 0.0786 e. The molecule has 0 N–H and O–H groups in total. The molecule has 0 aliphatic rings. The molecule has 2 aromatic carbocycles. The van der Waals surface area contributed by atoms with E-state index in [1.165, 1.54) is 33.0 Å². The Morgan fingerprint density at radius 1 is 0.500 bits per heavy atom. The number of hydrogen-bond donors (Lipinski definition) is 0. The predicted octanol–water partition coefficient (Wildman–Crippen LogP) is 5.68. The average molecular weight is 312 g/mol. The highest BCUT2D eigenvalue weighted by Crippen LogP contribution is 2.36. The lowest BCUT2D eigenvalue weighted by Crippen LogP contribution is -1.94. The molecule has 0 saturated heterocycles. The van der Waals surface area contributed by atoms with Gasteiger partial charge in [-0.25, -0.2) is 0 Å². The van der Waals surface area contributed by atoms with Gasteiger partial charge < -0.3 is 0 Å². The van der Waals surface area contributed by atoms with Crippen molar-refractivity contribution < 1.29 is 0 Å². The molecule has 2 aromatic heterocycles. The Bertz CT molecular complexity index is 988. The number of aryl methyl sites for hydroxylation is 4. The van der Waals surface area contributed by atoms with E-state index in [1.54, 1.807) is 0 Å². The third-order valence-electron chi connectivity index (χ3n) is 4.91. The van der Waals surface area contributed by atoms with E-state index in [4.69, 9.17) is 9.97 Å². The molecule has 2 heterocycles. The van der Waals surface area contributed by atoms with E-state index in [0.29, 0.717) is 0 Å². The van der Waals surface area contributed by atoms with Crippen LogP contribution in [-0.4, -0.2) is 9.97 Å². The maximum absolute atomic E-state index is 4.70. The molecule has 4 aromatic rings. The lowest BCUT2D eigenvalue weighted by molar-refractivity contribution is 1.33. The molecule has 0 aliphatic heterocycles. The van der Waals surface area contributed by atoms with Crippen LogP contribution in [0.3, 0.4) is 0 Å². The van der Waals surface area contributed by atoms with Crippen LogP contribution in [0.2, 0.25) is 0 Å². The molecule has 0 fully saturated rings. The van der Waals surface area contributed by atoms with Gasteiger partial charge in [-0.05, 0) is 62.1 Å². The SMILES string of the molecule is Cc1ccnc2c(-c3ccc(C)c4c(C)ccnc34)ccc(C)c12. The minimum Gasteiger partial charge on any atom is -0.256 e. The molecule has 0 amide bonds. The summed E-state index contributed by atoms with van der Waals surface area (Å²) in [5.74, 6) is 0. The zero-order chi connectivity index (χ0) is 16.8. The molecule has 118 valence electrons. The van der Waals surface area contributed by atoms with Crippen LogP contribution >= 0.6 is 0 Å². The molecule has 0 spiro atoms. The normalized spacial score (nSPS) is 11.3. The third-order valence-corrected chi connectivity index (χ3v) is 4.91. The summed E-state index contributed by atoms with van der Waals surface area (Å²) in [6, 6.07) is 12.9. The molecular formula is C22H20N2. The molecule has 0 saturated carbocycles. The van der Waals surface area contributed by atoms with Crippen molar-refractivity contribution in [2.24, 2.45) is 0 Å². The fraction of sp³-hybridized carbons (Fsp3) is 0.182. The lowest BCUT2D eigenvalue weighted by Gasteiger charge is -2.14. The number of fused-ring (bicyclic) bond motifs is 2. The Labute approximate surface area is 142 Å². The van der Waals surface area contributed by atoms with Crippen LogP contribution < -0.4 is 0 Å². The van der Waals surface area contributed by atoms with E-state index >= 15 is 0 Å². The van der Waals surface area contributed by atoms with Gasteiger partial charge in [0.15, 0.2) is 0 Å².